The van der Waals surface area contributed by atoms with Crippen LogP contribution in [-0.4, -0.2) is 23.7 Å². The van der Waals surface area contributed by atoms with Crippen molar-refractivity contribution >= 4 is 17.7 Å². The van der Waals surface area contributed by atoms with E-state index in [0.717, 1.165) is 6.07 Å². The van der Waals surface area contributed by atoms with Gasteiger partial charge >= 0.3 is 0 Å². The lowest BCUT2D eigenvalue weighted by molar-refractivity contribution is -0.123. The first-order chi connectivity index (χ1) is 8.89. The lowest BCUT2D eigenvalue weighted by Crippen LogP contribution is -2.53. The zero-order chi connectivity index (χ0) is 14.5. The molecule has 1 aromatic carbocycles. The highest BCUT2D eigenvalue weighted by molar-refractivity contribution is 7.99. The Balaban J connectivity index is 2.59. The number of carbonyl (C=O) groups excluding carboxylic acids is 1. The average Bonchev–Trinajstić information content (AvgIpc) is 2.32. The van der Waals surface area contributed by atoms with E-state index in [4.69, 9.17) is 5.73 Å². The van der Waals surface area contributed by atoms with E-state index in [1.165, 1.54) is 23.9 Å². The van der Waals surface area contributed by atoms with E-state index < -0.39 is 23.1 Å². The lowest BCUT2D eigenvalue weighted by Gasteiger charge is -2.26. The third kappa shape index (κ3) is 4.47. The van der Waals surface area contributed by atoms with Crippen LogP contribution >= 0.6 is 11.8 Å². The fraction of sp³-hybridized carbons (Fsp3) is 0.462. The summed E-state index contributed by atoms with van der Waals surface area (Å²) in [5.74, 6) is -1.12. The average molecular weight is 288 g/mol. The minimum Gasteiger partial charge on any atom is -0.368 e. The zero-order valence-corrected chi connectivity index (χ0v) is 11.8. The summed E-state index contributed by atoms with van der Waals surface area (Å²) in [7, 11) is 0. The van der Waals surface area contributed by atoms with E-state index in [-0.39, 0.29) is 0 Å². The highest BCUT2D eigenvalue weighted by Crippen LogP contribution is 2.25. The van der Waals surface area contributed by atoms with E-state index in [0.29, 0.717) is 23.6 Å². The number of carbonyl (C=O) groups is 1. The molecule has 0 radical (unpaired) electrons. The van der Waals surface area contributed by atoms with Gasteiger partial charge in [0.05, 0.1) is 5.54 Å². The largest absolute Gasteiger partial charge is 0.368 e. The van der Waals surface area contributed by atoms with Gasteiger partial charge in [0.1, 0.15) is 11.6 Å². The van der Waals surface area contributed by atoms with Crippen LogP contribution in [0.3, 0.4) is 0 Å². The Kier molecular flexibility index (Phi) is 5.75. The summed E-state index contributed by atoms with van der Waals surface area (Å²) < 4.78 is 26.2. The Morgan fingerprint density at radius 2 is 2.16 bits per heavy atom. The quantitative estimate of drug-likeness (QED) is 0.757. The van der Waals surface area contributed by atoms with Crippen molar-refractivity contribution < 1.29 is 13.6 Å². The van der Waals surface area contributed by atoms with Crippen LogP contribution in [0.25, 0.3) is 0 Å². The molecule has 1 aromatic rings. The number of amides is 1. The summed E-state index contributed by atoms with van der Waals surface area (Å²) in [6, 6.07) is 3.45. The van der Waals surface area contributed by atoms with Crippen LogP contribution in [0.15, 0.2) is 23.1 Å². The van der Waals surface area contributed by atoms with Crippen LogP contribution in [0.5, 0.6) is 0 Å². The molecule has 0 heterocycles. The monoisotopic (exact) mass is 288 g/mol. The van der Waals surface area contributed by atoms with E-state index >= 15 is 0 Å². The van der Waals surface area contributed by atoms with Crippen molar-refractivity contribution in [3.63, 3.8) is 0 Å². The standard InChI is InChI=1S/C13H18F2N2OS/c1-3-17-13(2,12(16)18)6-7-19-11-5-4-9(14)8-10(11)15/h4-5,8,17H,3,6-7H2,1-2H3,(H2,16,18). The van der Waals surface area contributed by atoms with Crippen molar-refractivity contribution in [1.29, 1.82) is 0 Å². The Hall–Kier alpha value is -1.14. The first kappa shape index (κ1) is 15.9. The van der Waals surface area contributed by atoms with Crippen LogP contribution in [0, 0.1) is 11.6 Å². The number of primary amides is 1. The number of hydrogen-bond donors (Lipinski definition) is 2. The van der Waals surface area contributed by atoms with Gasteiger partial charge in [0.2, 0.25) is 5.91 Å². The third-order valence-corrected chi connectivity index (χ3v) is 3.91. The Morgan fingerprint density at radius 1 is 1.47 bits per heavy atom. The molecule has 0 aliphatic rings. The fourth-order valence-corrected chi connectivity index (χ4v) is 2.74. The minimum atomic E-state index is -0.807. The molecule has 0 bridgehead atoms. The number of likely N-dealkylation sites (N-methyl/N-ethyl adjacent to an activating group) is 1. The second-order valence-corrected chi connectivity index (χ2v) is 5.54. The van der Waals surface area contributed by atoms with Gasteiger partial charge in [-0.05, 0) is 32.0 Å². The maximum Gasteiger partial charge on any atom is 0.237 e. The maximum atomic E-state index is 13.4. The van der Waals surface area contributed by atoms with Crippen molar-refractivity contribution in [3.8, 4) is 0 Å². The molecule has 6 heteroatoms. The summed E-state index contributed by atoms with van der Waals surface area (Å²) in [6.45, 7) is 4.23. The summed E-state index contributed by atoms with van der Waals surface area (Å²) >= 11 is 1.24. The van der Waals surface area contributed by atoms with Crippen LogP contribution in [-0.2, 0) is 4.79 Å². The molecule has 19 heavy (non-hydrogen) atoms. The van der Waals surface area contributed by atoms with E-state index in [1.807, 2.05) is 6.92 Å². The van der Waals surface area contributed by atoms with Crippen molar-refractivity contribution in [2.75, 3.05) is 12.3 Å². The minimum absolute atomic E-state index is 0.365. The predicted octanol–water partition coefficient (Wildman–Crippen LogP) is 2.30. The molecule has 1 unspecified atom stereocenters. The fourth-order valence-electron chi connectivity index (χ4n) is 1.65. The second-order valence-electron chi connectivity index (χ2n) is 4.40. The number of nitrogens with one attached hydrogen (secondary N) is 1. The molecule has 0 aliphatic carbocycles. The molecule has 0 spiro atoms. The van der Waals surface area contributed by atoms with Gasteiger partial charge < -0.3 is 11.1 Å². The first-order valence-corrected chi connectivity index (χ1v) is 7.00. The van der Waals surface area contributed by atoms with E-state index in [1.54, 1.807) is 6.92 Å². The molecular formula is C13H18F2N2OS. The number of halogens is 2. The summed E-state index contributed by atoms with van der Waals surface area (Å²) in [4.78, 5) is 11.8. The molecule has 1 rings (SSSR count). The molecule has 3 nitrogen and oxygen atoms in total. The van der Waals surface area contributed by atoms with Crippen LogP contribution < -0.4 is 11.1 Å². The van der Waals surface area contributed by atoms with Crippen molar-refractivity contribution in [2.45, 2.75) is 30.7 Å². The Morgan fingerprint density at radius 3 is 2.68 bits per heavy atom. The van der Waals surface area contributed by atoms with Gasteiger partial charge in [-0.1, -0.05) is 6.92 Å². The number of thioether (sulfide) groups is 1. The SMILES string of the molecule is CCNC(C)(CCSc1ccc(F)cc1F)C(N)=O. The topological polar surface area (TPSA) is 55.1 Å². The van der Waals surface area contributed by atoms with Crippen LogP contribution in [0.1, 0.15) is 20.3 Å². The van der Waals surface area contributed by atoms with Gasteiger partial charge in [0, 0.05) is 16.7 Å². The number of hydrogen-bond acceptors (Lipinski definition) is 3. The summed E-state index contributed by atoms with van der Waals surface area (Å²) in [6.07, 6.45) is 0.470. The van der Waals surface area contributed by atoms with Crippen LogP contribution in [0.4, 0.5) is 8.78 Å². The van der Waals surface area contributed by atoms with Gasteiger partial charge in [-0.3, -0.25) is 4.79 Å². The molecule has 0 aromatic heterocycles. The number of nitrogens with two attached hydrogens (primary N) is 1. The smallest absolute Gasteiger partial charge is 0.237 e. The van der Waals surface area contributed by atoms with Crippen molar-refractivity contribution in [1.82, 2.24) is 5.32 Å². The highest BCUT2D eigenvalue weighted by Gasteiger charge is 2.29. The second kappa shape index (κ2) is 6.86. The molecule has 1 atom stereocenters. The molecule has 3 N–H and O–H groups in total. The van der Waals surface area contributed by atoms with Gasteiger partial charge in [0.25, 0.3) is 0 Å². The molecule has 106 valence electrons. The Bertz CT molecular complexity index is 456. The third-order valence-electron chi connectivity index (χ3n) is 2.86. The molecular weight excluding hydrogens is 270 g/mol. The van der Waals surface area contributed by atoms with E-state index in [9.17, 15) is 13.6 Å². The van der Waals surface area contributed by atoms with Gasteiger partial charge in [-0.2, -0.15) is 0 Å². The van der Waals surface area contributed by atoms with Gasteiger partial charge in [-0.25, -0.2) is 8.78 Å². The first-order valence-electron chi connectivity index (χ1n) is 6.02. The maximum absolute atomic E-state index is 13.4. The molecule has 0 saturated carbocycles. The summed E-state index contributed by atoms with van der Waals surface area (Å²) in [5, 5.41) is 3.03. The lowest BCUT2D eigenvalue weighted by atomic mass is 9.98. The van der Waals surface area contributed by atoms with Crippen molar-refractivity contribution in [3.05, 3.63) is 29.8 Å². The van der Waals surface area contributed by atoms with Crippen LogP contribution in [0.2, 0.25) is 0 Å². The predicted molar refractivity (Wildman–Crippen MR) is 73.0 cm³/mol. The molecule has 0 aliphatic heterocycles. The van der Waals surface area contributed by atoms with Crippen molar-refractivity contribution in [2.24, 2.45) is 5.73 Å². The normalized spacial score (nSPS) is 14.1. The number of benzene rings is 1. The zero-order valence-electron chi connectivity index (χ0n) is 11.0. The van der Waals surface area contributed by atoms with E-state index in [2.05, 4.69) is 5.32 Å². The molecule has 1 amide bonds. The highest BCUT2D eigenvalue weighted by atomic mass is 32.2. The van der Waals surface area contributed by atoms with Gasteiger partial charge in [0.15, 0.2) is 0 Å². The summed E-state index contributed by atoms with van der Waals surface area (Å²) in [5.41, 5.74) is 4.54. The molecule has 0 saturated heterocycles. The number of rotatable bonds is 7. The molecule has 0 fully saturated rings. The Labute approximate surface area is 115 Å². The van der Waals surface area contributed by atoms with Gasteiger partial charge in [-0.15, -0.1) is 11.8 Å².